The monoisotopic (exact) mass is 273 g/mol. The first-order valence-corrected chi connectivity index (χ1v) is 7.15. The van der Waals surface area contributed by atoms with Crippen molar-refractivity contribution in [2.75, 3.05) is 6.61 Å². The van der Waals surface area contributed by atoms with Gasteiger partial charge in [-0.1, -0.05) is 13.0 Å². The molecule has 0 aliphatic heterocycles. The zero-order valence-corrected chi connectivity index (χ0v) is 11.9. The molecule has 2 aliphatic carbocycles. The van der Waals surface area contributed by atoms with Gasteiger partial charge in [0.15, 0.2) is 12.4 Å². The van der Waals surface area contributed by atoms with Crippen LogP contribution < -0.4 is 10.1 Å². The second kappa shape index (κ2) is 4.93. The van der Waals surface area contributed by atoms with Crippen molar-refractivity contribution in [3.63, 3.8) is 0 Å². The van der Waals surface area contributed by atoms with Gasteiger partial charge in [0.1, 0.15) is 5.75 Å². The highest BCUT2D eigenvalue weighted by molar-refractivity contribution is 6.04. The third-order valence-corrected chi connectivity index (χ3v) is 3.99. The molecule has 2 aliphatic rings. The summed E-state index contributed by atoms with van der Waals surface area (Å²) in [5.41, 5.74) is 2.87. The van der Waals surface area contributed by atoms with E-state index in [0.29, 0.717) is 23.8 Å². The van der Waals surface area contributed by atoms with Gasteiger partial charge in [0.2, 0.25) is 0 Å². The molecular weight excluding hydrogens is 254 g/mol. The molecule has 4 nitrogen and oxygen atoms in total. The predicted octanol–water partition coefficient (Wildman–Crippen LogP) is 2.34. The van der Waals surface area contributed by atoms with Crippen LogP contribution in [0, 0.1) is 6.92 Å². The molecule has 0 heterocycles. The summed E-state index contributed by atoms with van der Waals surface area (Å²) >= 11 is 0. The Kier molecular flexibility index (Phi) is 3.24. The number of fused-ring (bicyclic) bond motifs is 1. The number of hydrogen-bond donors (Lipinski definition) is 1. The van der Waals surface area contributed by atoms with Crippen LogP contribution in [0.25, 0.3) is 0 Å². The standard InChI is InChI=1S/C16H19NO3/c1-9-3-6-13(16-12(18)7-10(2)15(9)16)20-8-14(19)17-11-4-5-11/h3,6,10-11H,4-5,7-8H2,1-2H3,(H,17,19)/t10-/m0/s1. The van der Waals surface area contributed by atoms with Crippen LogP contribution in [-0.2, 0) is 4.79 Å². The first-order valence-electron chi connectivity index (χ1n) is 7.15. The second-order valence-corrected chi connectivity index (χ2v) is 5.83. The highest BCUT2D eigenvalue weighted by Crippen LogP contribution is 2.40. The van der Waals surface area contributed by atoms with Gasteiger partial charge in [-0.15, -0.1) is 0 Å². The van der Waals surface area contributed by atoms with Gasteiger partial charge in [0.25, 0.3) is 5.91 Å². The Morgan fingerprint density at radius 1 is 1.40 bits per heavy atom. The van der Waals surface area contributed by atoms with Crippen molar-refractivity contribution < 1.29 is 14.3 Å². The molecule has 0 aromatic heterocycles. The molecule has 1 saturated carbocycles. The van der Waals surface area contributed by atoms with Crippen LogP contribution in [0.5, 0.6) is 5.75 Å². The fourth-order valence-corrected chi connectivity index (χ4v) is 2.87. The highest BCUT2D eigenvalue weighted by atomic mass is 16.5. The molecule has 1 aromatic carbocycles. The zero-order chi connectivity index (χ0) is 14.3. The number of carbonyl (C=O) groups excluding carboxylic acids is 2. The summed E-state index contributed by atoms with van der Waals surface area (Å²) in [7, 11) is 0. The number of carbonyl (C=O) groups is 2. The highest BCUT2D eigenvalue weighted by Gasteiger charge is 2.31. The van der Waals surface area contributed by atoms with E-state index in [1.54, 1.807) is 6.07 Å². The van der Waals surface area contributed by atoms with Crippen LogP contribution in [0.4, 0.5) is 0 Å². The number of Topliss-reactive ketones (excluding diaryl/α,β-unsaturated/α-hetero) is 1. The topological polar surface area (TPSA) is 55.4 Å². The van der Waals surface area contributed by atoms with Gasteiger partial charge in [-0.25, -0.2) is 0 Å². The number of ketones is 1. The minimum Gasteiger partial charge on any atom is -0.483 e. The summed E-state index contributed by atoms with van der Waals surface area (Å²) < 4.78 is 5.58. The number of amides is 1. The lowest BCUT2D eigenvalue weighted by Gasteiger charge is -2.13. The lowest BCUT2D eigenvalue weighted by atomic mass is 9.97. The Bertz CT molecular complexity index is 575. The molecule has 4 heteroatoms. The van der Waals surface area contributed by atoms with Crippen molar-refractivity contribution in [2.24, 2.45) is 0 Å². The molecule has 0 unspecified atom stereocenters. The molecule has 0 bridgehead atoms. The molecule has 3 rings (SSSR count). The lowest BCUT2D eigenvalue weighted by molar-refractivity contribution is -0.123. The Hall–Kier alpha value is -1.84. The van der Waals surface area contributed by atoms with Crippen LogP contribution in [0.1, 0.15) is 53.6 Å². The van der Waals surface area contributed by atoms with Crippen molar-refractivity contribution in [1.82, 2.24) is 5.32 Å². The Balaban J connectivity index is 1.77. The number of nitrogens with one attached hydrogen (secondary N) is 1. The van der Waals surface area contributed by atoms with Crippen molar-refractivity contribution in [3.8, 4) is 5.75 Å². The molecule has 1 aromatic rings. The Morgan fingerprint density at radius 3 is 2.85 bits per heavy atom. The van der Waals surface area contributed by atoms with Gasteiger partial charge >= 0.3 is 0 Å². The van der Waals surface area contributed by atoms with Crippen molar-refractivity contribution in [3.05, 3.63) is 28.8 Å². The van der Waals surface area contributed by atoms with E-state index in [-0.39, 0.29) is 24.2 Å². The fraction of sp³-hybridized carbons (Fsp3) is 0.500. The van der Waals surface area contributed by atoms with Crippen LogP contribution in [-0.4, -0.2) is 24.3 Å². The quantitative estimate of drug-likeness (QED) is 0.916. The molecule has 0 saturated heterocycles. The maximum absolute atomic E-state index is 12.1. The molecule has 1 fully saturated rings. The van der Waals surface area contributed by atoms with Gasteiger partial charge in [-0.3, -0.25) is 9.59 Å². The Labute approximate surface area is 118 Å². The summed E-state index contributed by atoms with van der Waals surface area (Å²) in [6.07, 6.45) is 2.65. The third kappa shape index (κ3) is 2.42. The number of aryl methyl sites for hydroxylation is 1. The van der Waals surface area contributed by atoms with Gasteiger partial charge in [-0.05, 0) is 42.9 Å². The SMILES string of the molecule is Cc1ccc(OCC(=O)NC2CC2)c2c1[C@@H](C)CC2=O. The maximum Gasteiger partial charge on any atom is 0.258 e. The Morgan fingerprint density at radius 2 is 2.15 bits per heavy atom. The van der Waals surface area contributed by atoms with Crippen molar-refractivity contribution in [2.45, 2.75) is 45.1 Å². The molecule has 106 valence electrons. The fourth-order valence-electron chi connectivity index (χ4n) is 2.87. The van der Waals surface area contributed by atoms with Crippen molar-refractivity contribution in [1.29, 1.82) is 0 Å². The first kappa shape index (κ1) is 13.2. The average molecular weight is 273 g/mol. The van der Waals surface area contributed by atoms with Gasteiger partial charge in [0, 0.05) is 12.5 Å². The summed E-state index contributed by atoms with van der Waals surface area (Å²) in [5.74, 6) is 0.793. The van der Waals surface area contributed by atoms with E-state index in [4.69, 9.17) is 4.74 Å². The second-order valence-electron chi connectivity index (χ2n) is 5.83. The number of hydrogen-bond acceptors (Lipinski definition) is 3. The van der Waals surface area contributed by atoms with Crippen LogP contribution in [0.2, 0.25) is 0 Å². The van der Waals surface area contributed by atoms with E-state index in [2.05, 4.69) is 12.2 Å². The van der Waals surface area contributed by atoms with Gasteiger partial charge < -0.3 is 10.1 Å². The molecule has 20 heavy (non-hydrogen) atoms. The minimum atomic E-state index is -0.111. The summed E-state index contributed by atoms with van der Waals surface area (Å²) in [5, 5.41) is 2.87. The van der Waals surface area contributed by atoms with Crippen LogP contribution in [0.15, 0.2) is 12.1 Å². The van der Waals surface area contributed by atoms with E-state index < -0.39 is 0 Å². The van der Waals surface area contributed by atoms with E-state index in [1.165, 1.54) is 0 Å². The molecule has 0 radical (unpaired) electrons. The molecule has 0 spiro atoms. The summed E-state index contributed by atoms with van der Waals surface area (Å²) in [6.45, 7) is 4.05. The maximum atomic E-state index is 12.1. The minimum absolute atomic E-state index is 0.0202. The van der Waals surface area contributed by atoms with E-state index in [0.717, 1.165) is 24.0 Å². The van der Waals surface area contributed by atoms with E-state index in [1.807, 2.05) is 13.0 Å². The van der Waals surface area contributed by atoms with Gasteiger partial charge in [0.05, 0.1) is 5.56 Å². The summed E-state index contributed by atoms with van der Waals surface area (Å²) in [4.78, 5) is 23.8. The first-order chi connectivity index (χ1) is 9.56. The van der Waals surface area contributed by atoms with E-state index in [9.17, 15) is 9.59 Å². The zero-order valence-electron chi connectivity index (χ0n) is 11.9. The number of benzene rings is 1. The molecule has 1 N–H and O–H groups in total. The average Bonchev–Trinajstić information content (AvgIpc) is 3.14. The molecule has 1 amide bonds. The molecule has 1 atom stereocenters. The third-order valence-electron chi connectivity index (χ3n) is 3.99. The van der Waals surface area contributed by atoms with Crippen LogP contribution in [0.3, 0.4) is 0 Å². The lowest BCUT2D eigenvalue weighted by Crippen LogP contribution is -2.30. The van der Waals surface area contributed by atoms with E-state index >= 15 is 0 Å². The smallest absolute Gasteiger partial charge is 0.258 e. The van der Waals surface area contributed by atoms with Gasteiger partial charge in [-0.2, -0.15) is 0 Å². The van der Waals surface area contributed by atoms with Crippen LogP contribution >= 0.6 is 0 Å². The molecular formula is C16H19NO3. The number of ether oxygens (including phenoxy) is 1. The largest absolute Gasteiger partial charge is 0.483 e. The predicted molar refractivity (Wildman–Crippen MR) is 75.2 cm³/mol. The summed E-state index contributed by atoms with van der Waals surface area (Å²) in [6, 6.07) is 4.09. The number of rotatable bonds is 4. The normalized spacial score (nSPS) is 20.7. The van der Waals surface area contributed by atoms with Crippen molar-refractivity contribution >= 4 is 11.7 Å².